The van der Waals surface area contributed by atoms with Crippen molar-refractivity contribution < 1.29 is 0 Å². The van der Waals surface area contributed by atoms with Gasteiger partial charge in [0.05, 0.1) is 6.33 Å². The molecule has 0 aliphatic carbocycles. The van der Waals surface area contributed by atoms with Crippen LogP contribution in [0.2, 0.25) is 0 Å². The third kappa shape index (κ3) is 4.43. The molecule has 0 unspecified atom stereocenters. The minimum absolute atomic E-state index is 0.631. The Morgan fingerprint density at radius 3 is 2.74 bits per heavy atom. The van der Waals surface area contributed by atoms with Gasteiger partial charge in [-0.05, 0) is 18.8 Å². The van der Waals surface area contributed by atoms with Crippen LogP contribution in [0.1, 0.15) is 26.7 Å². The summed E-state index contributed by atoms with van der Waals surface area (Å²) in [7, 11) is 0. The van der Waals surface area contributed by atoms with Crippen LogP contribution >= 0.6 is 0 Å². The van der Waals surface area contributed by atoms with Gasteiger partial charge in [-0.25, -0.2) is 9.97 Å². The van der Waals surface area contributed by atoms with E-state index in [4.69, 9.17) is 0 Å². The minimum atomic E-state index is 0.631. The van der Waals surface area contributed by atoms with Crippen molar-refractivity contribution in [3.63, 3.8) is 0 Å². The number of nitrogens with one attached hydrogen (secondary N) is 1. The molecule has 1 N–H and O–H groups in total. The molecule has 5 nitrogen and oxygen atoms in total. The predicted octanol–water partition coefficient (Wildman–Crippen LogP) is 2.63. The Balaban J connectivity index is 1.72. The van der Waals surface area contributed by atoms with Gasteiger partial charge in [-0.2, -0.15) is 0 Å². The van der Waals surface area contributed by atoms with Gasteiger partial charge in [-0.3, -0.25) is 0 Å². The Kier molecular flexibility index (Phi) is 5.01. The number of aromatic nitrogens is 4. The summed E-state index contributed by atoms with van der Waals surface area (Å²) in [5.41, 5.74) is 0. The summed E-state index contributed by atoms with van der Waals surface area (Å²) in [6.45, 7) is 7.40. The molecule has 0 saturated heterocycles. The molecular formula is C14H23N5. The van der Waals surface area contributed by atoms with Crippen molar-refractivity contribution in [2.24, 2.45) is 5.92 Å². The Labute approximate surface area is 114 Å². The molecule has 0 bridgehead atoms. The van der Waals surface area contributed by atoms with E-state index in [1.165, 1.54) is 0 Å². The largest absolute Gasteiger partial charge is 0.355 e. The maximum absolute atomic E-state index is 4.35. The average Bonchev–Trinajstić information content (AvgIpc) is 3.03. The summed E-state index contributed by atoms with van der Waals surface area (Å²) in [6, 6.07) is 0. The molecule has 2 heterocycles. The van der Waals surface area contributed by atoms with Crippen molar-refractivity contribution in [2.75, 3.05) is 11.9 Å². The highest BCUT2D eigenvalue weighted by Gasteiger charge is 2.02. The summed E-state index contributed by atoms with van der Waals surface area (Å²) in [5.74, 6) is 1.61. The first-order valence-corrected chi connectivity index (χ1v) is 6.96. The molecule has 0 radical (unpaired) electrons. The minimum Gasteiger partial charge on any atom is -0.355 e. The molecular weight excluding hydrogens is 238 g/mol. The summed E-state index contributed by atoms with van der Waals surface area (Å²) in [4.78, 5) is 8.40. The lowest BCUT2D eigenvalue weighted by atomic mass is 10.2. The van der Waals surface area contributed by atoms with Crippen LogP contribution in [0.25, 0.3) is 0 Å². The zero-order valence-corrected chi connectivity index (χ0v) is 11.8. The number of anilines is 1. The van der Waals surface area contributed by atoms with E-state index in [1.54, 1.807) is 0 Å². The lowest BCUT2D eigenvalue weighted by Crippen LogP contribution is -2.13. The first kappa shape index (κ1) is 13.6. The van der Waals surface area contributed by atoms with Crippen LogP contribution in [0, 0.1) is 5.92 Å². The molecule has 0 aromatic carbocycles. The Morgan fingerprint density at radius 2 is 2.00 bits per heavy atom. The van der Waals surface area contributed by atoms with Gasteiger partial charge >= 0.3 is 0 Å². The number of aryl methyl sites for hydroxylation is 2. The lowest BCUT2D eigenvalue weighted by molar-refractivity contribution is 0.553. The van der Waals surface area contributed by atoms with Crippen LogP contribution in [0.4, 0.5) is 5.95 Å². The quantitative estimate of drug-likeness (QED) is 0.743. The van der Waals surface area contributed by atoms with E-state index in [0.29, 0.717) is 5.92 Å². The Hall–Kier alpha value is -1.78. The van der Waals surface area contributed by atoms with Crippen molar-refractivity contribution in [2.45, 2.75) is 39.8 Å². The van der Waals surface area contributed by atoms with E-state index < -0.39 is 0 Å². The maximum atomic E-state index is 4.35. The number of hydrogen-bond acceptors (Lipinski definition) is 3. The van der Waals surface area contributed by atoms with Crippen molar-refractivity contribution >= 4 is 5.95 Å². The van der Waals surface area contributed by atoms with Crippen LogP contribution in [0.3, 0.4) is 0 Å². The third-order valence-electron chi connectivity index (χ3n) is 3.01. The fraction of sp³-hybridized carbons (Fsp3) is 0.571. The second-order valence-corrected chi connectivity index (χ2v) is 5.23. The summed E-state index contributed by atoms with van der Waals surface area (Å²) < 4.78 is 4.31. The second kappa shape index (κ2) is 6.97. The summed E-state index contributed by atoms with van der Waals surface area (Å²) >= 11 is 0. The highest BCUT2D eigenvalue weighted by Crippen LogP contribution is 2.08. The fourth-order valence-corrected chi connectivity index (χ4v) is 1.95. The number of hydrogen-bond donors (Lipinski definition) is 1. The van der Waals surface area contributed by atoms with Crippen LogP contribution in [-0.4, -0.2) is 25.6 Å². The van der Waals surface area contributed by atoms with Gasteiger partial charge in [0.2, 0.25) is 5.95 Å². The highest BCUT2D eigenvalue weighted by molar-refractivity contribution is 5.25. The van der Waals surface area contributed by atoms with Gasteiger partial charge in [0.1, 0.15) is 0 Å². The molecule has 0 fully saturated rings. The summed E-state index contributed by atoms with van der Waals surface area (Å²) in [6.07, 6.45) is 11.9. The SMILES string of the molecule is CC(C)CNc1nccn1CCCCn1ccnc1. The smallest absolute Gasteiger partial charge is 0.202 e. The molecule has 104 valence electrons. The fourth-order valence-electron chi connectivity index (χ4n) is 1.95. The first-order chi connectivity index (χ1) is 9.25. The molecule has 0 aliphatic heterocycles. The zero-order chi connectivity index (χ0) is 13.5. The Bertz CT molecular complexity index is 458. The van der Waals surface area contributed by atoms with E-state index >= 15 is 0 Å². The van der Waals surface area contributed by atoms with Gasteiger partial charge in [0, 0.05) is 44.4 Å². The molecule has 2 aromatic rings. The number of nitrogens with zero attached hydrogens (tertiary/aromatic N) is 4. The zero-order valence-electron chi connectivity index (χ0n) is 11.8. The topological polar surface area (TPSA) is 47.7 Å². The van der Waals surface area contributed by atoms with Gasteiger partial charge in [-0.15, -0.1) is 0 Å². The molecule has 2 rings (SSSR count). The summed E-state index contributed by atoms with van der Waals surface area (Å²) in [5, 5.41) is 3.38. The number of imidazole rings is 2. The van der Waals surface area contributed by atoms with Crippen LogP contribution in [0.5, 0.6) is 0 Å². The lowest BCUT2D eigenvalue weighted by Gasteiger charge is -2.11. The van der Waals surface area contributed by atoms with Crippen LogP contribution in [0.15, 0.2) is 31.1 Å². The normalized spacial score (nSPS) is 11.1. The number of unbranched alkanes of at least 4 members (excludes halogenated alkanes) is 1. The van der Waals surface area contributed by atoms with Crippen LogP contribution < -0.4 is 5.32 Å². The third-order valence-corrected chi connectivity index (χ3v) is 3.01. The molecule has 0 atom stereocenters. The van der Waals surface area contributed by atoms with Gasteiger partial charge < -0.3 is 14.5 Å². The van der Waals surface area contributed by atoms with Crippen molar-refractivity contribution in [3.05, 3.63) is 31.1 Å². The van der Waals surface area contributed by atoms with E-state index in [1.807, 2.05) is 31.1 Å². The van der Waals surface area contributed by atoms with Crippen molar-refractivity contribution in [1.29, 1.82) is 0 Å². The molecule has 0 amide bonds. The molecule has 5 heteroatoms. The molecule has 2 aromatic heterocycles. The average molecular weight is 261 g/mol. The van der Waals surface area contributed by atoms with E-state index in [-0.39, 0.29) is 0 Å². The second-order valence-electron chi connectivity index (χ2n) is 5.23. The first-order valence-electron chi connectivity index (χ1n) is 6.96. The standard InChI is InChI=1S/C14H23N5/c1-13(2)11-17-14-16-6-10-19(14)8-4-3-7-18-9-5-15-12-18/h5-6,9-10,12-13H,3-4,7-8,11H2,1-2H3,(H,16,17). The van der Waals surface area contributed by atoms with E-state index in [0.717, 1.165) is 38.4 Å². The molecule has 0 aliphatic rings. The maximum Gasteiger partial charge on any atom is 0.202 e. The van der Waals surface area contributed by atoms with Gasteiger partial charge in [0.25, 0.3) is 0 Å². The molecule has 0 saturated carbocycles. The predicted molar refractivity (Wildman–Crippen MR) is 77.0 cm³/mol. The molecule has 0 spiro atoms. The molecule has 19 heavy (non-hydrogen) atoms. The van der Waals surface area contributed by atoms with Crippen LogP contribution in [-0.2, 0) is 13.1 Å². The monoisotopic (exact) mass is 261 g/mol. The number of rotatable bonds is 8. The Morgan fingerprint density at radius 1 is 1.16 bits per heavy atom. The van der Waals surface area contributed by atoms with Crippen molar-refractivity contribution in [3.8, 4) is 0 Å². The van der Waals surface area contributed by atoms with Gasteiger partial charge in [-0.1, -0.05) is 13.8 Å². The van der Waals surface area contributed by atoms with Gasteiger partial charge in [0.15, 0.2) is 0 Å². The highest BCUT2D eigenvalue weighted by atomic mass is 15.2. The van der Waals surface area contributed by atoms with E-state index in [9.17, 15) is 0 Å². The van der Waals surface area contributed by atoms with Crippen molar-refractivity contribution in [1.82, 2.24) is 19.1 Å². The van der Waals surface area contributed by atoms with E-state index in [2.05, 4.69) is 38.3 Å².